The van der Waals surface area contributed by atoms with Gasteiger partial charge in [-0.05, 0) is 81.1 Å². The standard InChI is InChI=1S/C29H38ClNO7/c1-3-36-22-8-5-18(6-9-22)15-21-16-20(7-10-23(21)30)28-27(34)26(33)25(32)24(38-28)17-31-13-11-19(12-14-31)29(35)37-4-2/h5-10,16,19,24-28,32-34H,3-4,11-15,17H2,1-2H3/t24-,25-,26+,27-,28+/m1/s1. The largest absolute Gasteiger partial charge is 0.494 e. The Hall–Kier alpha value is -2.20. The zero-order valence-electron chi connectivity index (χ0n) is 22.0. The number of hydrogen-bond donors (Lipinski definition) is 3. The van der Waals surface area contributed by atoms with E-state index in [1.165, 1.54) is 0 Å². The Morgan fingerprint density at radius 2 is 1.71 bits per heavy atom. The van der Waals surface area contributed by atoms with E-state index in [-0.39, 0.29) is 11.9 Å². The molecule has 2 aliphatic heterocycles. The van der Waals surface area contributed by atoms with Crippen molar-refractivity contribution in [3.8, 4) is 5.75 Å². The van der Waals surface area contributed by atoms with Crippen LogP contribution in [-0.2, 0) is 20.7 Å². The molecule has 38 heavy (non-hydrogen) atoms. The number of rotatable bonds is 9. The minimum absolute atomic E-state index is 0.119. The molecule has 0 saturated carbocycles. The molecule has 0 amide bonds. The van der Waals surface area contributed by atoms with E-state index in [2.05, 4.69) is 4.90 Å². The first kappa shape index (κ1) is 28.8. The molecule has 2 fully saturated rings. The van der Waals surface area contributed by atoms with Gasteiger partial charge in [0.2, 0.25) is 0 Å². The third-order valence-corrected chi connectivity index (χ3v) is 7.75. The van der Waals surface area contributed by atoms with Crippen LogP contribution in [0.4, 0.5) is 0 Å². The maximum Gasteiger partial charge on any atom is 0.309 e. The molecule has 0 unspecified atom stereocenters. The highest BCUT2D eigenvalue weighted by atomic mass is 35.5. The molecule has 0 aromatic heterocycles. The first-order chi connectivity index (χ1) is 18.3. The summed E-state index contributed by atoms with van der Waals surface area (Å²) in [6.07, 6.45) is -3.51. The number of ether oxygens (including phenoxy) is 3. The lowest BCUT2D eigenvalue weighted by molar-refractivity contribution is -0.228. The summed E-state index contributed by atoms with van der Waals surface area (Å²) in [5, 5.41) is 32.8. The lowest BCUT2D eigenvalue weighted by atomic mass is 9.89. The average Bonchev–Trinajstić information content (AvgIpc) is 2.92. The van der Waals surface area contributed by atoms with Crippen molar-refractivity contribution >= 4 is 17.6 Å². The van der Waals surface area contributed by atoms with E-state index in [0.29, 0.717) is 62.7 Å². The molecule has 5 atom stereocenters. The molecule has 2 aromatic rings. The summed E-state index contributed by atoms with van der Waals surface area (Å²) in [6, 6.07) is 13.3. The normalized spacial score (nSPS) is 26.7. The number of halogens is 1. The van der Waals surface area contributed by atoms with Crippen molar-refractivity contribution in [2.24, 2.45) is 5.92 Å². The van der Waals surface area contributed by atoms with Crippen LogP contribution in [-0.4, -0.2) is 83.5 Å². The van der Waals surface area contributed by atoms with Crippen LogP contribution in [0.1, 0.15) is 49.5 Å². The van der Waals surface area contributed by atoms with Gasteiger partial charge in [-0.2, -0.15) is 0 Å². The van der Waals surface area contributed by atoms with Gasteiger partial charge in [-0.25, -0.2) is 0 Å². The smallest absolute Gasteiger partial charge is 0.309 e. The molecule has 9 heteroatoms. The fraction of sp³-hybridized carbons (Fsp3) is 0.552. The van der Waals surface area contributed by atoms with Crippen LogP contribution in [0.15, 0.2) is 42.5 Å². The van der Waals surface area contributed by atoms with Gasteiger partial charge in [0.05, 0.1) is 25.2 Å². The van der Waals surface area contributed by atoms with Gasteiger partial charge >= 0.3 is 5.97 Å². The van der Waals surface area contributed by atoms with E-state index >= 15 is 0 Å². The summed E-state index contributed by atoms with van der Waals surface area (Å²) in [5.41, 5.74) is 2.60. The van der Waals surface area contributed by atoms with Crippen LogP contribution < -0.4 is 4.74 Å². The van der Waals surface area contributed by atoms with Gasteiger partial charge in [-0.1, -0.05) is 35.9 Å². The van der Waals surface area contributed by atoms with Crippen LogP contribution in [0.3, 0.4) is 0 Å². The highest BCUT2D eigenvalue weighted by molar-refractivity contribution is 6.31. The summed E-state index contributed by atoms with van der Waals surface area (Å²) in [4.78, 5) is 14.2. The molecule has 0 bridgehead atoms. The number of nitrogens with zero attached hydrogens (tertiary/aromatic N) is 1. The summed E-state index contributed by atoms with van der Waals surface area (Å²) in [7, 11) is 0. The number of aliphatic hydroxyl groups is 3. The molecule has 0 radical (unpaired) electrons. The van der Waals surface area contributed by atoms with Crippen LogP contribution in [0.2, 0.25) is 5.02 Å². The second-order valence-corrected chi connectivity index (χ2v) is 10.4. The van der Waals surface area contributed by atoms with Gasteiger partial charge in [-0.15, -0.1) is 0 Å². The molecule has 2 aliphatic rings. The van der Waals surface area contributed by atoms with E-state index < -0.39 is 30.5 Å². The van der Waals surface area contributed by atoms with Crippen molar-refractivity contribution in [2.75, 3.05) is 32.8 Å². The Morgan fingerprint density at radius 3 is 2.37 bits per heavy atom. The van der Waals surface area contributed by atoms with Crippen LogP contribution in [0.5, 0.6) is 5.75 Å². The van der Waals surface area contributed by atoms with Crippen molar-refractivity contribution in [2.45, 2.75) is 63.6 Å². The van der Waals surface area contributed by atoms with Gasteiger partial charge in [0.1, 0.15) is 30.2 Å². The Kier molecular flexibility index (Phi) is 10.0. The molecule has 3 N–H and O–H groups in total. The van der Waals surface area contributed by atoms with Gasteiger partial charge in [0, 0.05) is 11.6 Å². The maximum atomic E-state index is 12.1. The highest BCUT2D eigenvalue weighted by Gasteiger charge is 2.45. The Balaban J connectivity index is 1.44. The second kappa shape index (κ2) is 13.2. The first-order valence-corrected chi connectivity index (χ1v) is 13.8. The lowest BCUT2D eigenvalue weighted by Crippen LogP contribution is -2.57. The predicted octanol–water partition coefficient (Wildman–Crippen LogP) is 3.13. The molecular formula is C29H38ClNO7. The van der Waals surface area contributed by atoms with Gasteiger partial charge < -0.3 is 34.4 Å². The van der Waals surface area contributed by atoms with Crippen molar-refractivity contribution in [3.05, 3.63) is 64.2 Å². The molecule has 2 saturated heterocycles. The third-order valence-electron chi connectivity index (χ3n) is 7.39. The summed E-state index contributed by atoms with van der Waals surface area (Å²) >= 11 is 6.51. The summed E-state index contributed by atoms with van der Waals surface area (Å²) in [5.74, 6) is 0.522. The second-order valence-electron chi connectivity index (χ2n) is 10.00. The fourth-order valence-corrected chi connectivity index (χ4v) is 5.42. The zero-order chi connectivity index (χ0) is 27.2. The number of aliphatic hydroxyl groups excluding tert-OH is 3. The Labute approximate surface area is 229 Å². The number of likely N-dealkylation sites (tertiary alicyclic amines) is 1. The number of benzene rings is 2. The molecule has 0 spiro atoms. The fourth-order valence-electron chi connectivity index (χ4n) is 5.24. The maximum absolute atomic E-state index is 12.1. The van der Waals surface area contributed by atoms with Crippen molar-refractivity contribution < 1.29 is 34.3 Å². The summed E-state index contributed by atoms with van der Waals surface area (Å²) in [6.45, 7) is 6.41. The monoisotopic (exact) mass is 547 g/mol. The molecule has 2 aromatic carbocycles. The summed E-state index contributed by atoms with van der Waals surface area (Å²) < 4.78 is 16.9. The quantitative estimate of drug-likeness (QED) is 0.411. The number of esters is 1. The lowest BCUT2D eigenvalue weighted by Gasteiger charge is -2.43. The molecule has 0 aliphatic carbocycles. The molecule has 2 heterocycles. The number of carbonyl (C=O) groups excluding carboxylic acids is 1. The first-order valence-electron chi connectivity index (χ1n) is 13.4. The van der Waals surface area contributed by atoms with Gasteiger partial charge in [0.25, 0.3) is 0 Å². The third kappa shape index (κ3) is 6.86. The van der Waals surface area contributed by atoms with Crippen LogP contribution >= 0.6 is 11.6 Å². The van der Waals surface area contributed by atoms with Gasteiger partial charge in [-0.3, -0.25) is 4.79 Å². The van der Waals surface area contributed by atoms with Crippen molar-refractivity contribution in [3.63, 3.8) is 0 Å². The van der Waals surface area contributed by atoms with Crippen LogP contribution in [0.25, 0.3) is 0 Å². The zero-order valence-corrected chi connectivity index (χ0v) is 22.7. The Bertz CT molecular complexity index is 1060. The molecule has 4 rings (SSSR count). The van der Waals surface area contributed by atoms with Crippen molar-refractivity contribution in [1.29, 1.82) is 0 Å². The topological polar surface area (TPSA) is 109 Å². The van der Waals surface area contributed by atoms with Crippen LogP contribution in [0, 0.1) is 5.92 Å². The molecule has 208 valence electrons. The predicted molar refractivity (Wildman–Crippen MR) is 143 cm³/mol. The van der Waals surface area contributed by atoms with Crippen molar-refractivity contribution in [1.82, 2.24) is 4.90 Å². The van der Waals surface area contributed by atoms with E-state index in [9.17, 15) is 20.1 Å². The van der Waals surface area contributed by atoms with E-state index in [1.807, 2.05) is 37.3 Å². The van der Waals surface area contributed by atoms with E-state index in [1.54, 1.807) is 19.1 Å². The number of carbonyl (C=O) groups is 1. The highest BCUT2D eigenvalue weighted by Crippen LogP contribution is 2.35. The van der Waals surface area contributed by atoms with Gasteiger partial charge in [0.15, 0.2) is 0 Å². The minimum atomic E-state index is -1.36. The van der Waals surface area contributed by atoms with E-state index in [0.717, 1.165) is 16.9 Å². The Morgan fingerprint density at radius 1 is 1.00 bits per heavy atom. The molecule has 8 nitrogen and oxygen atoms in total. The van der Waals surface area contributed by atoms with E-state index in [4.69, 9.17) is 25.8 Å². The average molecular weight is 548 g/mol. The molecular weight excluding hydrogens is 510 g/mol. The number of piperidine rings is 1. The SMILES string of the molecule is CCOC(=O)C1CCN(C[C@H]2O[C@@H](c3ccc(Cl)c(Cc4ccc(OCC)cc4)c3)[C@H](O)[C@@H](O)[C@@H]2O)CC1. The number of hydrogen-bond acceptors (Lipinski definition) is 8. The minimum Gasteiger partial charge on any atom is -0.494 e.